The summed E-state index contributed by atoms with van der Waals surface area (Å²) in [6.45, 7) is 5.61. The molecule has 0 fully saturated rings. The molecule has 0 radical (unpaired) electrons. The lowest BCUT2D eigenvalue weighted by Gasteiger charge is -2.26. The van der Waals surface area contributed by atoms with Crippen LogP contribution in [-0.4, -0.2) is 20.7 Å². The molecule has 3 heterocycles. The number of nitrogens with one attached hydrogen (secondary N) is 1. The maximum atomic E-state index is 13.3. The SMILES string of the molecule is CCn1c(=O)c2c([nH]c3[n+]2C[C@@H](C)CN3c2ccc(F)cc2)n(C)c1=O. The first kappa shape index (κ1) is 16.6. The van der Waals surface area contributed by atoms with E-state index in [4.69, 9.17) is 0 Å². The zero-order valence-corrected chi connectivity index (χ0v) is 15.0. The maximum Gasteiger partial charge on any atom is 0.364 e. The zero-order chi connectivity index (χ0) is 18.6. The number of imidazole rings is 1. The molecule has 0 aliphatic carbocycles. The van der Waals surface area contributed by atoms with Gasteiger partial charge < -0.3 is 0 Å². The predicted octanol–water partition coefficient (Wildman–Crippen LogP) is 1.26. The highest BCUT2D eigenvalue weighted by Crippen LogP contribution is 2.27. The monoisotopic (exact) mass is 358 g/mol. The molecule has 0 saturated heterocycles. The molecule has 4 rings (SSSR count). The summed E-state index contributed by atoms with van der Waals surface area (Å²) in [7, 11) is 1.66. The van der Waals surface area contributed by atoms with Crippen LogP contribution in [0.25, 0.3) is 11.2 Å². The standard InChI is InChI=1S/C18H20FN5O2/c1-4-22-16(25)14-15(21(3)18(22)26)20-17-23(9-11(2)10-24(14)17)13-7-5-12(19)6-8-13/h5-8,11H,4,9-10H2,1-3H3/p+1/t11-/m0/s1. The Kier molecular flexibility index (Phi) is 3.71. The van der Waals surface area contributed by atoms with Crippen molar-refractivity contribution in [3.8, 4) is 0 Å². The van der Waals surface area contributed by atoms with Gasteiger partial charge in [-0.3, -0.25) is 13.9 Å². The van der Waals surface area contributed by atoms with E-state index in [0.717, 1.165) is 18.2 Å². The van der Waals surface area contributed by atoms with Crippen LogP contribution in [-0.2, 0) is 20.1 Å². The van der Waals surface area contributed by atoms with Gasteiger partial charge in [0.25, 0.3) is 5.56 Å². The number of aromatic amines is 1. The molecule has 0 unspecified atom stereocenters. The normalized spacial score (nSPS) is 16.9. The topological polar surface area (TPSA) is 66.9 Å². The molecule has 7 nitrogen and oxygen atoms in total. The summed E-state index contributed by atoms with van der Waals surface area (Å²) in [5.41, 5.74) is 1.19. The number of hydrogen-bond acceptors (Lipinski definition) is 3. The fraction of sp³-hybridized carbons (Fsp3) is 0.389. The smallest absolute Gasteiger partial charge is 0.267 e. The van der Waals surface area contributed by atoms with Crippen molar-refractivity contribution in [2.24, 2.45) is 13.0 Å². The van der Waals surface area contributed by atoms with Crippen LogP contribution in [0.2, 0.25) is 0 Å². The number of anilines is 2. The molecule has 1 aromatic carbocycles. The molecular formula is C18H21FN5O2+. The molecule has 0 spiro atoms. The summed E-state index contributed by atoms with van der Waals surface area (Å²) < 4.78 is 18.0. The second kappa shape index (κ2) is 5.82. The molecule has 0 bridgehead atoms. The van der Waals surface area contributed by atoms with E-state index in [2.05, 4.69) is 11.9 Å². The molecule has 0 saturated carbocycles. The van der Waals surface area contributed by atoms with E-state index in [-0.39, 0.29) is 23.0 Å². The third-order valence-electron chi connectivity index (χ3n) is 4.98. The molecule has 1 atom stereocenters. The minimum atomic E-state index is -0.342. The van der Waals surface area contributed by atoms with Gasteiger partial charge >= 0.3 is 11.6 Å². The Morgan fingerprint density at radius 3 is 2.62 bits per heavy atom. The molecule has 136 valence electrons. The number of H-pyrrole nitrogens is 1. The van der Waals surface area contributed by atoms with Crippen molar-refractivity contribution in [2.75, 3.05) is 11.4 Å². The Hall–Kier alpha value is -2.90. The molecule has 3 aromatic rings. The molecule has 26 heavy (non-hydrogen) atoms. The Bertz CT molecular complexity index is 1110. The first-order chi connectivity index (χ1) is 12.4. The van der Waals surface area contributed by atoms with Crippen molar-refractivity contribution in [1.29, 1.82) is 0 Å². The molecular weight excluding hydrogens is 337 g/mol. The highest BCUT2D eigenvalue weighted by atomic mass is 19.1. The van der Waals surface area contributed by atoms with Gasteiger partial charge in [-0.15, -0.1) is 0 Å². The number of benzene rings is 1. The van der Waals surface area contributed by atoms with E-state index in [1.807, 2.05) is 9.47 Å². The molecule has 8 heteroatoms. The van der Waals surface area contributed by atoms with Crippen LogP contribution in [0, 0.1) is 11.7 Å². The van der Waals surface area contributed by atoms with Crippen molar-refractivity contribution < 1.29 is 8.96 Å². The van der Waals surface area contributed by atoms with Crippen LogP contribution in [0.15, 0.2) is 33.9 Å². The quantitative estimate of drug-likeness (QED) is 0.702. The van der Waals surface area contributed by atoms with Crippen molar-refractivity contribution in [2.45, 2.75) is 26.9 Å². The Balaban J connectivity index is 2.03. The van der Waals surface area contributed by atoms with Crippen LogP contribution < -0.4 is 20.7 Å². The average Bonchev–Trinajstić information content (AvgIpc) is 3.00. The van der Waals surface area contributed by atoms with Crippen LogP contribution >= 0.6 is 0 Å². The lowest BCUT2D eigenvalue weighted by molar-refractivity contribution is -0.669. The van der Waals surface area contributed by atoms with E-state index >= 15 is 0 Å². The van der Waals surface area contributed by atoms with Gasteiger partial charge in [-0.05, 0) is 31.2 Å². The number of aryl methyl sites for hydroxylation is 1. The second-order valence-corrected chi connectivity index (χ2v) is 6.84. The van der Waals surface area contributed by atoms with Gasteiger partial charge in [0.2, 0.25) is 11.2 Å². The largest absolute Gasteiger partial charge is 0.364 e. The Morgan fingerprint density at radius 2 is 1.96 bits per heavy atom. The van der Waals surface area contributed by atoms with Crippen LogP contribution in [0.1, 0.15) is 13.8 Å². The second-order valence-electron chi connectivity index (χ2n) is 6.84. The van der Waals surface area contributed by atoms with Crippen molar-refractivity contribution in [3.05, 3.63) is 50.9 Å². The minimum Gasteiger partial charge on any atom is -0.267 e. The summed E-state index contributed by atoms with van der Waals surface area (Å²) in [5, 5.41) is 0. The van der Waals surface area contributed by atoms with Crippen LogP contribution in [0.4, 0.5) is 16.0 Å². The van der Waals surface area contributed by atoms with Gasteiger partial charge in [-0.25, -0.2) is 23.6 Å². The third-order valence-corrected chi connectivity index (χ3v) is 4.98. The Morgan fingerprint density at radius 1 is 1.27 bits per heavy atom. The molecule has 0 amide bonds. The van der Waals surface area contributed by atoms with E-state index in [9.17, 15) is 14.0 Å². The number of halogens is 1. The fourth-order valence-electron chi connectivity index (χ4n) is 3.70. The van der Waals surface area contributed by atoms with Gasteiger partial charge in [0, 0.05) is 19.5 Å². The first-order valence-electron chi connectivity index (χ1n) is 8.70. The van der Waals surface area contributed by atoms with Gasteiger partial charge in [-0.1, -0.05) is 6.92 Å². The highest BCUT2D eigenvalue weighted by Gasteiger charge is 2.35. The third kappa shape index (κ3) is 2.28. The number of rotatable bonds is 2. The average molecular weight is 358 g/mol. The van der Waals surface area contributed by atoms with Gasteiger partial charge in [0.05, 0.1) is 13.1 Å². The number of aromatic nitrogens is 4. The summed E-state index contributed by atoms with van der Waals surface area (Å²) in [5.74, 6) is 0.713. The van der Waals surface area contributed by atoms with Gasteiger partial charge in [0.1, 0.15) is 11.5 Å². The number of hydrogen-bond donors (Lipinski definition) is 1. The van der Waals surface area contributed by atoms with Gasteiger partial charge in [0.15, 0.2) is 0 Å². The molecule has 2 aromatic heterocycles. The van der Waals surface area contributed by atoms with E-state index < -0.39 is 0 Å². The van der Waals surface area contributed by atoms with E-state index in [0.29, 0.717) is 24.3 Å². The lowest BCUT2D eigenvalue weighted by Crippen LogP contribution is -2.52. The molecule has 1 aliphatic heterocycles. The zero-order valence-electron chi connectivity index (χ0n) is 15.0. The van der Waals surface area contributed by atoms with E-state index in [1.54, 1.807) is 26.1 Å². The van der Waals surface area contributed by atoms with Crippen LogP contribution in [0.3, 0.4) is 0 Å². The predicted molar refractivity (Wildman–Crippen MR) is 96.2 cm³/mol. The lowest BCUT2D eigenvalue weighted by atomic mass is 10.1. The van der Waals surface area contributed by atoms with E-state index in [1.165, 1.54) is 21.3 Å². The Labute approximate surface area is 148 Å². The summed E-state index contributed by atoms with van der Waals surface area (Å²) in [6, 6.07) is 6.27. The number of nitrogens with zero attached hydrogens (tertiary/aromatic N) is 4. The number of fused-ring (bicyclic) bond motifs is 3. The molecule has 1 aliphatic rings. The van der Waals surface area contributed by atoms with Gasteiger partial charge in [-0.2, -0.15) is 0 Å². The maximum absolute atomic E-state index is 13.3. The summed E-state index contributed by atoms with van der Waals surface area (Å²) >= 11 is 0. The van der Waals surface area contributed by atoms with Crippen molar-refractivity contribution >= 4 is 22.8 Å². The van der Waals surface area contributed by atoms with Crippen molar-refractivity contribution in [1.82, 2.24) is 14.1 Å². The molecule has 1 N–H and O–H groups in total. The fourth-order valence-corrected chi connectivity index (χ4v) is 3.70. The first-order valence-corrected chi connectivity index (χ1v) is 8.70. The summed E-state index contributed by atoms with van der Waals surface area (Å²) in [6.07, 6.45) is 0. The van der Waals surface area contributed by atoms with Crippen molar-refractivity contribution in [3.63, 3.8) is 0 Å². The van der Waals surface area contributed by atoms with Crippen LogP contribution in [0.5, 0.6) is 0 Å². The highest BCUT2D eigenvalue weighted by molar-refractivity contribution is 5.70. The summed E-state index contributed by atoms with van der Waals surface area (Å²) in [4.78, 5) is 30.6. The minimum absolute atomic E-state index is 0.281.